The Morgan fingerprint density at radius 1 is 0.882 bits per heavy atom. The van der Waals surface area contributed by atoms with Crippen molar-refractivity contribution in [2.24, 2.45) is 0 Å². The third kappa shape index (κ3) is 21.7. The zero-order valence-corrected chi connectivity index (χ0v) is 13.0. The van der Waals surface area contributed by atoms with Gasteiger partial charge in [-0.15, -0.1) is 0 Å². The normalized spacial score (nSPS) is 8.12. The number of rotatable bonds is 6. The van der Waals surface area contributed by atoms with Crippen LogP contribution in [0.2, 0.25) is 0 Å². The number of carbonyl (C=O) groups excluding carboxylic acids is 2. The van der Waals surface area contributed by atoms with Crippen molar-refractivity contribution in [2.75, 3.05) is 0 Å². The fraction of sp³-hybridized carbons (Fsp3) is 0.600. The Bertz CT molecular complexity index is 251. The van der Waals surface area contributed by atoms with Crippen LogP contribution in [0.1, 0.15) is 39.5 Å². The monoisotopic (exact) mass is 286 g/mol. The molecule has 4 nitrogen and oxygen atoms in total. The van der Waals surface area contributed by atoms with Gasteiger partial charge in [0.1, 0.15) is 0 Å². The summed E-state index contributed by atoms with van der Waals surface area (Å²) in [5, 5.41) is 19.5. The van der Waals surface area contributed by atoms with Gasteiger partial charge >= 0.3 is 23.1 Å². The molecule has 0 spiro atoms. The Balaban J connectivity index is -0.000000218. The molecular weight excluding hydrogens is 273 g/mol. The number of aliphatic carboxylic acids is 2. The van der Waals surface area contributed by atoms with E-state index in [1.807, 2.05) is 13.8 Å². The van der Waals surface area contributed by atoms with E-state index in [2.05, 4.69) is 24.4 Å². The molecule has 0 aromatic rings. The Hall–Kier alpha value is -0.114. The minimum absolute atomic E-state index is 0. The molecule has 0 saturated heterocycles. The largest absolute Gasteiger partial charge is 2.00 e. The maximum atomic E-state index is 9.77. The molecule has 0 aromatic heterocycles. The quantitative estimate of drug-likeness (QED) is 0.481. The molecule has 0 radical (unpaired) electrons. The van der Waals surface area contributed by atoms with E-state index in [9.17, 15) is 19.8 Å². The number of hydrogen-bond donors (Lipinski definition) is 0. The van der Waals surface area contributed by atoms with Crippen LogP contribution in [0.25, 0.3) is 0 Å². The number of carboxylic acids is 2. The van der Waals surface area contributed by atoms with Crippen LogP contribution in [-0.4, -0.2) is 44.7 Å². The second-order valence-corrected chi connectivity index (χ2v) is 4.04. The predicted octanol–water partition coefficient (Wildman–Crippen LogP) is -0.568. The van der Waals surface area contributed by atoms with Gasteiger partial charge in [-0.3, -0.25) is 0 Å². The Morgan fingerprint density at radius 2 is 1.12 bits per heavy atom. The van der Waals surface area contributed by atoms with Crippen LogP contribution in [-0.2, 0) is 9.59 Å². The summed E-state index contributed by atoms with van der Waals surface area (Å²) < 4.78 is 0. The molecular formula is C10H14MgO4S2. The van der Waals surface area contributed by atoms with Crippen molar-refractivity contribution in [2.45, 2.75) is 39.5 Å². The van der Waals surface area contributed by atoms with E-state index in [1.165, 1.54) is 0 Å². The van der Waals surface area contributed by atoms with Crippen molar-refractivity contribution in [3.05, 3.63) is 0 Å². The van der Waals surface area contributed by atoms with E-state index < -0.39 is 11.9 Å². The van der Waals surface area contributed by atoms with Crippen molar-refractivity contribution in [3.63, 3.8) is 0 Å². The van der Waals surface area contributed by atoms with Crippen molar-refractivity contribution in [1.82, 2.24) is 0 Å². The first-order chi connectivity index (χ1) is 7.33. The Kier molecular flexibility index (Phi) is 18.1. The molecule has 0 rings (SSSR count). The molecule has 0 saturated carbocycles. The van der Waals surface area contributed by atoms with Gasteiger partial charge in [-0.05, 0) is 22.6 Å². The molecule has 0 bridgehead atoms. The molecule has 0 amide bonds. The zero-order chi connectivity index (χ0) is 13.1. The van der Waals surface area contributed by atoms with E-state index >= 15 is 0 Å². The van der Waals surface area contributed by atoms with E-state index in [4.69, 9.17) is 0 Å². The molecule has 0 aliphatic rings. The molecule has 0 aliphatic heterocycles. The number of hydrogen-bond acceptors (Lipinski definition) is 6. The van der Waals surface area contributed by atoms with Gasteiger partial charge < -0.3 is 19.8 Å². The molecule has 0 aromatic carbocycles. The van der Waals surface area contributed by atoms with Gasteiger partial charge in [0.15, 0.2) is 0 Å². The van der Waals surface area contributed by atoms with E-state index in [1.54, 1.807) is 0 Å². The summed E-state index contributed by atoms with van der Waals surface area (Å²) in [4.78, 5) is 20.6. The van der Waals surface area contributed by atoms with Gasteiger partial charge in [0.25, 0.3) is 0 Å². The molecule has 92 valence electrons. The summed E-state index contributed by atoms with van der Waals surface area (Å²) in [5.74, 6) is -2.17. The molecule has 0 heterocycles. The molecule has 7 heteroatoms. The smallest absolute Gasteiger partial charge is 0.550 e. The van der Waals surface area contributed by atoms with E-state index in [-0.39, 0.29) is 35.9 Å². The van der Waals surface area contributed by atoms with Crippen molar-refractivity contribution < 1.29 is 19.8 Å². The van der Waals surface area contributed by atoms with Gasteiger partial charge in [0.05, 0.1) is 0 Å². The maximum absolute atomic E-state index is 9.77. The van der Waals surface area contributed by atoms with Gasteiger partial charge in [-0.25, -0.2) is 0 Å². The summed E-state index contributed by atoms with van der Waals surface area (Å²) in [6.45, 7) is 3.65. The minimum atomic E-state index is -1.09. The molecule has 0 atom stereocenters. The summed E-state index contributed by atoms with van der Waals surface area (Å²) in [6, 6.07) is 0. The Morgan fingerprint density at radius 3 is 1.18 bits per heavy atom. The first-order valence-corrected chi connectivity index (χ1v) is 5.58. The van der Waals surface area contributed by atoms with Gasteiger partial charge in [0.2, 0.25) is 0 Å². The Labute approximate surface area is 128 Å². The topological polar surface area (TPSA) is 80.3 Å². The fourth-order valence-electron chi connectivity index (χ4n) is 0.572. The summed E-state index contributed by atoms with van der Waals surface area (Å²) >= 11 is 9.22. The average molecular weight is 287 g/mol. The first-order valence-electron chi connectivity index (χ1n) is 4.76. The van der Waals surface area contributed by atoms with Crippen molar-refractivity contribution >= 4 is 69.2 Å². The van der Waals surface area contributed by atoms with Crippen molar-refractivity contribution in [1.29, 1.82) is 0 Å². The van der Waals surface area contributed by atoms with Crippen LogP contribution in [0.3, 0.4) is 0 Å². The summed E-state index contributed by atoms with van der Waals surface area (Å²) in [6.07, 6.45) is 1.13. The van der Waals surface area contributed by atoms with Crippen LogP contribution in [0, 0.1) is 0 Å². The molecule has 0 aliphatic carbocycles. The average Bonchev–Trinajstić information content (AvgIpc) is 2.16. The first kappa shape index (κ1) is 22.1. The second kappa shape index (κ2) is 13.9. The van der Waals surface area contributed by atoms with Crippen LogP contribution in [0.4, 0.5) is 0 Å². The number of carboxylic acid groups (broad SMARTS) is 2. The van der Waals surface area contributed by atoms with Gasteiger partial charge in [-0.1, -0.05) is 38.3 Å². The van der Waals surface area contributed by atoms with Crippen LogP contribution in [0.15, 0.2) is 0 Å². The van der Waals surface area contributed by atoms with Gasteiger partial charge in [-0.2, -0.15) is 0 Å². The standard InChI is InChI=1S/2C5H8O2S.Mg/c2*1-2-4(8)3-5(6)7;/h2*2-3H2,1H3,(H,6,7);/q;;+2/p-2. The molecule has 17 heavy (non-hydrogen) atoms. The molecule has 0 N–H and O–H groups in total. The van der Waals surface area contributed by atoms with E-state index in [0.29, 0.717) is 22.6 Å². The SMILES string of the molecule is CCC(=S)CC(=O)[O-].CCC(=S)CC(=O)[O-].[Mg+2]. The number of carbonyl (C=O) groups is 2. The summed E-state index contributed by atoms with van der Waals surface area (Å²) in [7, 11) is 0. The predicted molar refractivity (Wildman–Crippen MR) is 70.8 cm³/mol. The van der Waals surface area contributed by atoms with Crippen LogP contribution in [0.5, 0.6) is 0 Å². The minimum Gasteiger partial charge on any atom is -0.550 e. The zero-order valence-electron chi connectivity index (χ0n) is 9.99. The fourth-order valence-corrected chi connectivity index (χ4v) is 0.808. The maximum Gasteiger partial charge on any atom is 2.00 e. The van der Waals surface area contributed by atoms with E-state index in [0.717, 1.165) is 0 Å². The third-order valence-electron chi connectivity index (χ3n) is 1.47. The van der Waals surface area contributed by atoms with Crippen LogP contribution < -0.4 is 10.2 Å². The summed E-state index contributed by atoms with van der Waals surface area (Å²) in [5.41, 5.74) is 0. The third-order valence-corrected chi connectivity index (χ3v) is 2.34. The molecule has 0 fully saturated rings. The van der Waals surface area contributed by atoms with Crippen molar-refractivity contribution in [3.8, 4) is 0 Å². The van der Waals surface area contributed by atoms with Gasteiger partial charge in [0, 0.05) is 24.8 Å². The van der Waals surface area contributed by atoms with Crippen LogP contribution >= 0.6 is 24.4 Å². The number of thiocarbonyl (C=S) groups is 2. The molecule has 0 unspecified atom stereocenters. The second-order valence-electron chi connectivity index (χ2n) is 2.88.